The van der Waals surface area contributed by atoms with E-state index >= 15 is 0 Å². The second kappa shape index (κ2) is 10.5. The summed E-state index contributed by atoms with van der Waals surface area (Å²) in [6.45, 7) is 4.44. The zero-order chi connectivity index (χ0) is 24.8. The Morgan fingerprint density at radius 3 is 2.20 bits per heavy atom. The van der Waals surface area contributed by atoms with Crippen molar-refractivity contribution in [3.8, 4) is 0 Å². The van der Waals surface area contributed by atoms with Crippen LogP contribution in [0, 0.1) is 13.8 Å². The van der Waals surface area contributed by atoms with E-state index in [-0.39, 0.29) is 28.6 Å². The van der Waals surface area contributed by atoms with Gasteiger partial charge in [0, 0.05) is 12.2 Å². The maximum Gasteiger partial charge on any atom is 0.261 e. The molecule has 0 fully saturated rings. The Morgan fingerprint density at radius 2 is 1.49 bits per heavy atom. The van der Waals surface area contributed by atoms with Crippen LogP contribution in [-0.4, -0.2) is 24.2 Å². The van der Waals surface area contributed by atoms with E-state index in [9.17, 15) is 13.2 Å². The lowest BCUT2D eigenvalue weighted by molar-refractivity contribution is 0.0729. The van der Waals surface area contributed by atoms with Crippen LogP contribution >= 0.6 is 0 Å². The number of amides is 1. The van der Waals surface area contributed by atoms with Gasteiger partial charge in [-0.25, -0.2) is 8.42 Å². The molecule has 1 N–H and O–H groups in total. The summed E-state index contributed by atoms with van der Waals surface area (Å²) in [5, 5.41) is 0. The van der Waals surface area contributed by atoms with Crippen LogP contribution in [0.2, 0.25) is 0 Å². The van der Waals surface area contributed by atoms with E-state index in [0.717, 1.165) is 22.5 Å². The minimum atomic E-state index is -3.87. The second-order valence-corrected chi connectivity index (χ2v) is 10.1. The standard InChI is InChI=1S/C28H27N3O3S/c1-21-15-17-25(18-16-21)35(33,34)30-27-14-7-6-13-26(27)28(32)31(19-23-10-4-3-5-11-23)20-24-12-8-9-22(2)29-24/h3-18,30H,19-20H2,1-2H3. The maximum absolute atomic E-state index is 13.8. The monoisotopic (exact) mass is 485 g/mol. The second-order valence-electron chi connectivity index (χ2n) is 8.38. The quantitative estimate of drug-likeness (QED) is 0.365. The Hall–Kier alpha value is -3.97. The molecule has 1 amide bonds. The summed E-state index contributed by atoms with van der Waals surface area (Å²) in [6, 6.07) is 28.6. The number of aryl methyl sites for hydroxylation is 2. The number of anilines is 1. The van der Waals surface area contributed by atoms with Crippen LogP contribution in [0.5, 0.6) is 0 Å². The number of nitrogens with zero attached hydrogens (tertiary/aromatic N) is 2. The third-order valence-electron chi connectivity index (χ3n) is 5.54. The van der Waals surface area contributed by atoms with E-state index in [4.69, 9.17) is 0 Å². The van der Waals surface area contributed by atoms with Gasteiger partial charge in [-0.05, 0) is 55.8 Å². The normalized spacial score (nSPS) is 11.1. The molecule has 0 spiro atoms. The molecule has 0 saturated carbocycles. The first-order valence-corrected chi connectivity index (χ1v) is 12.7. The van der Waals surface area contributed by atoms with E-state index in [0.29, 0.717) is 6.54 Å². The first-order valence-electron chi connectivity index (χ1n) is 11.3. The molecule has 4 aromatic rings. The zero-order valence-electron chi connectivity index (χ0n) is 19.7. The SMILES string of the molecule is Cc1ccc(S(=O)(=O)Nc2ccccc2C(=O)N(Cc2ccccc2)Cc2cccc(C)n2)cc1. The van der Waals surface area contributed by atoms with Crippen LogP contribution in [0.25, 0.3) is 0 Å². The fourth-order valence-electron chi connectivity index (χ4n) is 3.74. The topological polar surface area (TPSA) is 79.4 Å². The number of sulfonamides is 1. The van der Waals surface area contributed by atoms with E-state index < -0.39 is 10.0 Å². The number of pyridine rings is 1. The van der Waals surface area contributed by atoms with Gasteiger partial charge < -0.3 is 4.90 Å². The Labute approximate surface area is 206 Å². The number of para-hydroxylation sites is 1. The summed E-state index contributed by atoms with van der Waals surface area (Å²) < 4.78 is 28.7. The highest BCUT2D eigenvalue weighted by Crippen LogP contribution is 2.23. The lowest BCUT2D eigenvalue weighted by Crippen LogP contribution is -2.31. The summed E-state index contributed by atoms with van der Waals surface area (Å²) in [7, 11) is -3.87. The average molecular weight is 486 g/mol. The number of carbonyl (C=O) groups is 1. The van der Waals surface area contributed by atoms with Crippen LogP contribution in [-0.2, 0) is 23.1 Å². The molecular weight excluding hydrogens is 458 g/mol. The van der Waals surface area contributed by atoms with Crippen molar-refractivity contribution in [1.29, 1.82) is 0 Å². The maximum atomic E-state index is 13.8. The summed E-state index contributed by atoms with van der Waals surface area (Å²) in [4.78, 5) is 20.2. The van der Waals surface area contributed by atoms with Gasteiger partial charge in [-0.3, -0.25) is 14.5 Å². The van der Waals surface area contributed by atoms with Crippen LogP contribution in [0.15, 0.2) is 102 Å². The number of benzene rings is 3. The lowest BCUT2D eigenvalue weighted by atomic mass is 10.1. The highest BCUT2D eigenvalue weighted by Gasteiger charge is 2.23. The van der Waals surface area contributed by atoms with Gasteiger partial charge in [0.25, 0.3) is 15.9 Å². The molecule has 0 aliphatic rings. The molecule has 0 aliphatic carbocycles. The molecule has 4 rings (SSSR count). The minimum absolute atomic E-state index is 0.135. The molecule has 0 atom stereocenters. The van der Waals surface area contributed by atoms with Crippen LogP contribution < -0.4 is 4.72 Å². The molecule has 0 unspecified atom stereocenters. The van der Waals surface area contributed by atoms with Gasteiger partial charge in [-0.1, -0.05) is 66.2 Å². The molecule has 178 valence electrons. The lowest BCUT2D eigenvalue weighted by Gasteiger charge is -2.24. The minimum Gasteiger partial charge on any atom is -0.328 e. The molecule has 0 radical (unpaired) electrons. The molecule has 7 heteroatoms. The van der Waals surface area contributed by atoms with Crippen molar-refractivity contribution < 1.29 is 13.2 Å². The molecular formula is C28H27N3O3S. The number of aromatic nitrogens is 1. The van der Waals surface area contributed by atoms with Gasteiger partial charge in [0.05, 0.1) is 28.4 Å². The van der Waals surface area contributed by atoms with Crippen molar-refractivity contribution in [2.24, 2.45) is 0 Å². The van der Waals surface area contributed by atoms with Gasteiger partial charge in [-0.2, -0.15) is 0 Å². The fraction of sp³-hybridized carbons (Fsp3) is 0.143. The Balaban J connectivity index is 1.67. The van der Waals surface area contributed by atoms with Crippen molar-refractivity contribution in [1.82, 2.24) is 9.88 Å². The van der Waals surface area contributed by atoms with E-state index in [1.165, 1.54) is 0 Å². The third-order valence-corrected chi connectivity index (χ3v) is 6.92. The Kier molecular flexibility index (Phi) is 7.27. The van der Waals surface area contributed by atoms with Gasteiger partial charge in [0.15, 0.2) is 0 Å². The van der Waals surface area contributed by atoms with E-state index in [1.54, 1.807) is 53.4 Å². The summed E-state index contributed by atoms with van der Waals surface area (Å²) in [5.41, 5.74) is 4.04. The van der Waals surface area contributed by atoms with Crippen molar-refractivity contribution in [2.45, 2.75) is 31.8 Å². The molecule has 0 bridgehead atoms. The van der Waals surface area contributed by atoms with Crippen LogP contribution in [0.4, 0.5) is 5.69 Å². The Bertz CT molecular complexity index is 1420. The molecule has 0 saturated heterocycles. The van der Waals surface area contributed by atoms with Crippen LogP contribution in [0.1, 0.15) is 32.9 Å². The molecule has 6 nitrogen and oxygen atoms in total. The number of hydrogen-bond donors (Lipinski definition) is 1. The predicted octanol–water partition coefficient (Wildman–Crippen LogP) is 5.34. The third kappa shape index (κ3) is 6.13. The van der Waals surface area contributed by atoms with E-state index in [1.807, 2.05) is 62.4 Å². The number of nitrogens with one attached hydrogen (secondary N) is 1. The molecule has 3 aromatic carbocycles. The number of rotatable bonds is 8. The zero-order valence-corrected chi connectivity index (χ0v) is 20.5. The van der Waals surface area contributed by atoms with Crippen LogP contribution in [0.3, 0.4) is 0 Å². The van der Waals surface area contributed by atoms with Gasteiger partial charge >= 0.3 is 0 Å². The first kappa shape index (κ1) is 24.2. The highest BCUT2D eigenvalue weighted by molar-refractivity contribution is 7.92. The average Bonchev–Trinajstić information content (AvgIpc) is 2.84. The molecule has 35 heavy (non-hydrogen) atoms. The van der Waals surface area contributed by atoms with Crippen molar-refractivity contribution >= 4 is 21.6 Å². The number of hydrogen-bond acceptors (Lipinski definition) is 4. The summed E-state index contributed by atoms with van der Waals surface area (Å²) in [5.74, 6) is -0.292. The highest BCUT2D eigenvalue weighted by atomic mass is 32.2. The van der Waals surface area contributed by atoms with E-state index in [2.05, 4.69) is 9.71 Å². The van der Waals surface area contributed by atoms with Crippen molar-refractivity contribution in [2.75, 3.05) is 4.72 Å². The Morgan fingerprint density at radius 1 is 0.800 bits per heavy atom. The largest absolute Gasteiger partial charge is 0.328 e. The summed E-state index contributed by atoms with van der Waals surface area (Å²) >= 11 is 0. The van der Waals surface area contributed by atoms with Crippen molar-refractivity contribution in [3.05, 3.63) is 125 Å². The first-order chi connectivity index (χ1) is 16.8. The van der Waals surface area contributed by atoms with Gasteiger partial charge in [0.2, 0.25) is 0 Å². The van der Waals surface area contributed by atoms with Gasteiger partial charge in [-0.15, -0.1) is 0 Å². The van der Waals surface area contributed by atoms with Crippen molar-refractivity contribution in [3.63, 3.8) is 0 Å². The molecule has 1 heterocycles. The molecule has 1 aromatic heterocycles. The smallest absolute Gasteiger partial charge is 0.261 e. The van der Waals surface area contributed by atoms with Gasteiger partial charge in [0.1, 0.15) is 0 Å². The number of carbonyl (C=O) groups excluding carboxylic acids is 1. The fourth-order valence-corrected chi connectivity index (χ4v) is 4.82. The summed E-state index contributed by atoms with van der Waals surface area (Å²) in [6.07, 6.45) is 0. The molecule has 0 aliphatic heterocycles. The predicted molar refractivity (Wildman–Crippen MR) is 137 cm³/mol.